The molecule has 1 nitrogen and oxygen atoms in total. The Hall–Kier alpha value is -0.0400. The summed E-state index contributed by atoms with van der Waals surface area (Å²) in [5.41, 5.74) is 0.456. The minimum atomic E-state index is 0.456. The molecule has 0 atom stereocenters. The second kappa shape index (κ2) is 6.42. The van der Waals surface area contributed by atoms with Gasteiger partial charge in [0, 0.05) is 13.2 Å². The van der Waals surface area contributed by atoms with Crippen molar-refractivity contribution in [3.8, 4) is 0 Å². The predicted molar refractivity (Wildman–Crippen MR) is 59.0 cm³/mol. The number of rotatable bonds is 7. The van der Waals surface area contributed by atoms with Crippen molar-refractivity contribution in [3.05, 3.63) is 0 Å². The van der Waals surface area contributed by atoms with Gasteiger partial charge in [-0.2, -0.15) is 0 Å². The van der Waals surface area contributed by atoms with Crippen LogP contribution in [0.1, 0.15) is 53.9 Å². The monoisotopic (exact) mass is 186 g/mol. The minimum absolute atomic E-state index is 0.456. The maximum atomic E-state index is 5.58. The molecule has 0 fully saturated rings. The van der Waals surface area contributed by atoms with E-state index in [0.717, 1.165) is 19.1 Å². The normalized spacial score (nSPS) is 12.5. The molecule has 0 heterocycles. The summed E-state index contributed by atoms with van der Waals surface area (Å²) in [5.74, 6) is 0.763. The quantitative estimate of drug-likeness (QED) is 0.548. The molecule has 1 heteroatoms. The van der Waals surface area contributed by atoms with Gasteiger partial charge in [-0.15, -0.1) is 0 Å². The Morgan fingerprint density at radius 1 is 1.15 bits per heavy atom. The van der Waals surface area contributed by atoms with Crippen molar-refractivity contribution in [2.45, 2.75) is 53.9 Å². The lowest BCUT2D eigenvalue weighted by molar-refractivity contribution is 0.0948. The van der Waals surface area contributed by atoms with Crippen molar-refractivity contribution in [1.29, 1.82) is 0 Å². The summed E-state index contributed by atoms with van der Waals surface area (Å²) in [4.78, 5) is 0. The van der Waals surface area contributed by atoms with Gasteiger partial charge in [0.2, 0.25) is 0 Å². The molecule has 0 saturated heterocycles. The second-order valence-corrected chi connectivity index (χ2v) is 5.06. The summed E-state index contributed by atoms with van der Waals surface area (Å²) >= 11 is 0. The molecule has 0 aliphatic carbocycles. The van der Waals surface area contributed by atoms with Crippen molar-refractivity contribution in [2.24, 2.45) is 11.3 Å². The third kappa shape index (κ3) is 8.29. The van der Waals surface area contributed by atoms with E-state index >= 15 is 0 Å². The van der Waals surface area contributed by atoms with Crippen LogP contribution in [0.5, 0.6) is 0 Å². The molecule has 0 unspecified atom stereocenters. The summed E-state index contributed by atoms with van der Waals surface area (Å²) in [6, 6.07) is 0. The van der Waals surface area contributed by atoms with Crippen LogP contribution in [-0.4, -0.2) is 13.2 Å². The van der Waals surface area contributed by atoms with E-state index < -0.39 is 0 Å². The van der Waals surface area contributed by atoms with Gasteiger partial charge in [0.15, 0.2) is 0 Å². The fourth-order valence-electron chi connectivity index (χ4n) is 0.946. The predicted octanol–water partition coefficient (Wildman–Crippen LogP) is 3.88. The molecule has 80 valence electrons. The van der Waals surface area contributed by atoms with Crippen LogP contribution in [0.2, 0.25) is 0 Å². The van der Waals surface area contributed by atoms with Gasteiger partial charge in [0.05, 0.1) is 0 Å². The van der Waals surface area contributed by atoms with Gasteiger partial charge in [-0.3, -0.25) is 0 Å². The molecular weight excluding hydrogens is 160 g/mol. The van der Waals surface area contributed by atoms with Crippen molar-refractivity contribution in [2.75, 3.05) is 13.2 Å². The number of hydrogen-bond donors (Lipinski definition) is 0. The Morgan fingerprint density at radius 3 is 2.23 bits per heavy atom. The van der Waals surface area contributed by atoms with Gasteiger partial charge in [-0.1, -0.05) is 41.0 Å². The minimum Gasteiger partial charge on any atom is -0.381 e. The molecule has 0 saturated carbocycles. The number of ether oxygens (including phenoxy) is 1. The van der Waals surface area contributed by atoms with Crippen LogP contribution in [0.25, 0.3) is 0 Å². The first-order valence-electron chi connectivity index (χ1n) is 5.55. The highest BCUT2D eigenvalue weighted by Crippen LogP contribution is 2.23. The molecule has 0 aliphatic rings. The zero-order chi connectivity index (χ0) is 10.3. The summed E-state index contributed by atoms with van der Waals surface area (Å²) in [7, 11) is 0. The van der Waals surface area contributed by atoms with E-state index in [2.05, 4.69) is 34.6 Å². The van der Waals surface area contributed by atoms with E-state index in [1.807, 2.05) is 0 Å². The highest BCUT2D eigenvalue weighted by atomic mass is 16.5. The second-order valence-electron chi connectivity index (χ2n) is 5.06. The number of hydrogen-bond acceptors (Lipinski definition) is 1. The van der Waals surface area contributed by atoms with Gasteiger partial charge in [0.25, 0.3) is 0 Å². The van der Waals surface area contributed by atoms with E-state index in [1.165, 1.54) is 19.3 Å². The molecule has 0 amide bonds. The maximum Gasteiger partial charge on any atom is 0.0471 e. The summed E-state index contributed by atoms with van der Waals surface area (Å²) in [6.45, 7) is 13.2. The molecule has 0 bridgehead atoms. The molecule has 0 rings (SSSR count). The van der Waals surface area contributed by atoms with Gasteiger partial charge in [-0.05, 0) is 24.2 Å². The smallest absolute Gasteiger partial charge is 0.0471 e. The first-order chi connectivity index (χ1) is 5.98. The van der Waals surface area contributed by atoms with E-state index in [1.54, 1.807) is 0 Å². The molecule has 0 aromatic carbocycles. The SMILES string of the molecule is CCC(C)(C)CCOCCC(C)C. The van der Waals surface area contributed by atoms with Crippen molar-refractivity contribution in [3.63, 3.8) is 0 Å². The maximum absolute atomic E-state index is 5.58. The van der Waals surface area contributed by atoms with Crippen molar-refractivity contribution >= 4 is 0 Å². The largest absolute Gasteiger partial charge is 0.381 e. The fraction of sp³-hybridized carbons (Fsp3) is 1.00. The standard InChI is InChI=1S/C12H26O/c1-6-12(4,5)8-10-13-9-7-11(2)3/h11H,6-10H2,1-5H3. The van der Waals surface area contributed by atoms with Gasteiger partial charge in [-0.25, -0.2) is 0 Å². The molecule has 0 aliphatic heterocycles. The zero-order valence-electron chi connectivity index (χ0n) is 10.0. The average molecular weight is 186 g/mol. The van der Waals surface area contributed by atoms with Crippen LogP contribution in [-0.2, 0) is 4.74 Å². The molecule has 0 aromatic rings. The lowest BCUT2D eigenvalue weighted by Crippen LogP contribution is -2.13. The van der Waals surface area contributed by atoms with Gasteiger partial charge in [0.1, 0.15) is 0 Å². The Labute approximate surface area is 83.9 Å². The van der Waals surface area contributed by atoms with Crippen LogP contribution >= 0.6 is 0 Å². The van der Waals surface area contributed by atoms with Crippen LogP contribution in [0.15, 0.2) is 0 Å². The van der Waals surface area contributed by atoms with Crippen molar-refractivity contribution < 1.29 is 4.74 Å². The first kappa shape index (κ1) is 13.0. The Balaban J connectivity index is 3.26. The summed E-state index contributed by atoms with van der Waals surface area (Å²) < 4.78 is 5.58. The lowest BCUT2D eigenvalue weighted by Gasteiger charge is -2.22. The lowest BCUT2D eigenvalue weighted by atomic mass is 9.87. The van der Waals surface area contributed by atoms with Gasteiger partial charge < -0.3 is 4.74 Å². The van der Waals surface area contributed by atoms with Crippen LogP contribution in [0.4, 0.5) is 0 Å². The molecule has 0 radical (unpaired) electrons. The molecule has 13 heavy (non-hydrogen) atoms. The Kier molecular flexibility index (Phi) is 6.40. The third-order valence-corrected chi connectivity index (χ3v) is 2.72. The van der Waals surface area contributed by atoms with E-state index in [4.69, 9.17) is 4.74 Å². The van der Waals surface area contributed by atoms with E-state index in [-0.39, 0.29) is 0 Å². The third-order valence-electron chi connectivity index (χ3n) is 2.72. The Bertz CT molecular complexity index is 116. The highest BCUT2D eigenvalue weighted by molar-refractivity contribution is 4.65. The zero-order valence-corrected chi connectivity index (χ0v) is 10.0. The molecule has 0 N–H and O–H groups in total. The van der Waals surface area contributed by atoms with E-state index in [0.29, 0.717) is 5.41 Å². The molecular formula is C12H26O. The molecule has 0 aromatic heterocycles. The summed E-state index contributed by atoms with van der Waals surface area (Å²) in [6.07, 6.45) is 3.61. The Morgan fingerprint density at radius 2 is 1.77 bits per heavy atom. The van der Waals surface area contributed by atoms with Gasteiger partial charge >= 0.3 is 0 Å². The van der Waals surface area contributed by atoms with Crippen molar-refractivity contribution in [1.82, 2.24) is 0 Å². The summed E-state index contributed by atoms with van der Waals surface area (Å²) in [5, 5.41) is 0. The fourth-order valence-corrected chi connectivity index (χ4v) is 0.946. The molecule has 0 spiro atoms. The topological polar surface area (TPSA) is 9.23 Å². The van der Waals surface area contributed by atoms with Crippen LogP contribution in [0.3, 0.4) is 0 Å². The highest BCUT2D eigenvalue weighted by Gasteiger charge is 2.13. The van der Waals surface area contributed by atoms with Crippen LogP contribution in [0, 0.1) is 11.3 Å². The van der Waals surface area contributed by atoms with Crippen LogP contribution < -0.4 is 0 Å². The first-order valence-corrected chi connectivity index (χ1v) is 5.55. The van der Waals surface area contributed by atoms with E-state index in [9.17, 15) is 0 Å². The average Bonchev–Trinajstić information content (AvgIpc) is 2.03.